The number of Topliss-reactive ketones (excluding diaryl/α,β-unsaturated/α-hetero) is 1. The Morgan fingerprint density at radius 2 is 1.69 bits per heavy atom. The van der Waals surface area contributed by atoms with Crippen LogP contribution in [-0.4, -0.2) is 56.2 Å². The van der Waals surface area contributed by atoms with E-state index in [2.05, 4.69) is 0 Å². The summed E-state index contributed by atoms with van der Waals surface area (Å²) in [7, 11) is 4.60. The Bertz CT molecular complexity index is 935. The van der Waals surface area contributed by atoms with Gasteiger partial charge in [0, 0.05) is 19.2 Å². The maximum atomic E-state index is 12.8. The maximum absolute atomic E-state index is 12.8. The first-order valence-electron chi connectivity index (χ1n) is 9.07. The predicted molar refractivity (Wildman–Crippen MR) is 107 cm³/mol. The predicted octanol–water partition coefficient (Wildman–Crippen LogP) is 2.77. The zero-order valence-electron chi connectivity index (χ0n) is 16.5. The normalized spacial score (nSPS) is 18.2. The second-order valence-corrected chi connectivity index (χ2v) is 6.49. The molecule has 152 valence electrons. The highest BCUT2D eigenvalue weighted by atomic mass is 16.5. The van der Waals surface area contributed by atoms with Gasteiger partial charge >= 0.3 is 0 Å². The van der Waals surface area contributed by atoms with E-state index in [-0.39, 0.29) is 24.5 Å². The summed E-state index contributed by atoms with van der Waals surface area (Å²) in [5.74, 6) is -0.443. The second-order valence-electron chi connectivity index (χ2n) is 6.49. The molecule has 2 aromatic carbocycles. The van der Waals surface area contributed by atoms with Gasteiger partial charge < -0.3 is 24.2 Å². The molecule has 1 aliphatic heterocycles. The van der Waals surface area contributed by atoms with Crippen LogP contribution in [0.3, 0.4) is 0 Å². The highest BCUT2D eigenvalue weighted by Gasteiger charge is 2.45. The number of hydrogen-bond donors (Lipinski definition) is 1. The fraction of sp³-hybridized carbons (Fsp3) is 0.273. The first-order valence-corrected chi connectivity index (χ1v) is 9.07. The summed E-state index contributed by atoms with van der Waals surface area (Å²) in [4.78, 5) is 27.0. The van der Waals surface area contributed by atoms with Gasteiger partial charge in [0.15, 0.2) is 0 Å². The highest BCUT2D eigenvalue weighted by molar-refractivity contribution is 6.46. The van der Waals surface area contributed by atoms with Crippen LogP contribution < -0.4 is 9.47 Å². The number of carbonyl (C=O) groups is 2. The molecule has 3 rings (SSSR count). The molecule has 1 amide bonds. The van der Waals surface area contributed by atoms with Gasteiger partial charge in [0.05, 0.1) is 32.4 Å². The van der Waals surface area contributed by atoms with Gasteiger partial charge in [-0.15, -0.1) is 0 Å². The van der Waals surface area contributed by atoms with Crippen molar-refractivity contribution in [1.82, 2.24) is 4.90 Å². The number of hydrogen-bond acceptors (Lipinski definition) is 6. The lowest BCUT2D eigenvalue weighted by molar-refractivity contribution is -0.140. The molecule has 1 atom stereocenters. The third-order valence-corrected chi connectivity index (χ3v) is 4.85. The smallest absolute Gasteiger partial charge is 0.295 e. The zero-order valence-corrected chi connectivity index (χ0v) is 16.5. The summed E-state index contributed by atoms with van der Waals surface area (Å²) < 4.78 is 15.5. The van der Waals surface area contributed by atoms with Crippen LogP contribution in [0.2, 0.25) is 0 Å². The highest BCUT2D eigenvalue weighted by Crippen LogP contribution is 2.40. The first-order chi connectivity index (χ1) is 14.0. The molecule has 1 fully saturated rings. The van der Waals surface area contributed by atoms with Gasteiger partial charge in [-0.05, 0) is 42.0 Å². The van der Waals surface area contributed by atoms with Gasteiger partial charge in [-0.2, -0.15) is 0 Å². The van der Waals surface area contributed by atoms with Gasteiger partial charge in [0.1, 0.15) is 17.3 Å². The monoisotopic (exact) mass is 397 g/mol. The summed E-state index contributed by atoms with van der Waals surface area (Å²) in [6.07, 6.45) is 0. The lowest BCUT2D eigenvalue weighted by atomic mass is 9.95. The Morgan fingerprint density at radius 1 is 1.00 bits per heavy atom. The number of methoxy groups -OCH3 is 3. The number of nitrogens with zero attached hydrogens (tertiary/aromatic N) is 1. The minimum Gasteiger partial charge on any atom is -0.507 e. The lowest BCUT2D eigenvalue weighted by Crippen LogP contribution is -2.32. The molecule has 7 heteroatoms. The Labute approximate surface area is 169 Å². The summed E-state index contributed by atoms with van der Waals surface area (Å²) in [5, 5.41) is 11.0. The van der Waals surface area contributed by atoms with E-state index >= 15 is 0 Å². The number of likely N-dealkylation sites (tertiary alicyclic amines) is 1. The van der Waals surface area contributed by atoms with Gasteiger partial charge in [0.2, 0.25) is 0 Å². The van der Waals surface area contributed by atoms with Gasteiger partial charge in [-0.25, -0.2) is 0 Å². The molecule has 0 radical (unpaired) electrons. The summed E-state index contributed by atoms with van der Waals surface area (Å²) in [6.45, 7) is 0.471. The van der Waals surface area contributed by atoms with E-state index in [0.29, 0.717) is 22.6 Å². The van der Waals surface area contributed by atoms with Crippen LogP contribution >= 0.6 is 0 Å². The molecule has 1 heterocycles. The van der Waals surface area contributed by atoms with Gasteiger partial charge in [-0.1, -0.05) is 12.1 Å². The molecule has 29 heavy (non-hydrogen) atoms. The molecular weight excluding hydrogens is 374 g/mol. The SMILES string of the molecule is COCCN1C(=O)C(=O)/C(=C(/O)c2ccc(OC)cc2)[C@@H]1c1cccc(OC)c1. The summed E-state index contributed by atoms with van der Waals surface area (Å²) in [5.41, 5.74) is 1.11. The van der Waals surface area contributed by atoms with E-state index in [1.807, 2.05) is 0 Å². The molecule has 1 saturated heterocycles. The standard InChI is InChI=1S/C22H23NO6/c1-27-12-11-23-19(15-5-4-6-17(13-15)29-3)18(21(25)22(23)26)20(24)14-7-9-16(28-2)10-8-14/h4-10,13,19,24H,11-12H2,1-3H3/b20-18+/t19-/m0/s1. The van der Waals surface area contributed by atoms with E-state index < -0.39 is 17.7 Å². The van der Waals surface area contributed by atoms with Crippen LogP contribution in [0.1, 0.15) is 17.2 Å². The van der Waals surface area contributed by atoms with E-state index in [1.54, 1.807) is 62.8 Å². The number of ether oxygens (including phenoxy) is 3. The van der Waals surface area contributed by atoms with Crippen molar-refractivity contribution in [1.29, 1.82) is 0 Å². The summed E-state index contributed by atoms with van der Waals surface area (Å²) in [6, 6.07) is 13.0. The molecule has 2 aromatic rings. The molecule has 1 N–H and O–H groups in total. The maximum Gasteiger partial charge on any atom is 0.295 e. The molecule has 0 saturated carbocycles. The quantitative estimate of drug-likeness (QED) is 0.439. The number of carbonyl (C=O) groups excluding carboxylic acids is 2. The third-order valence-electron chi connectivity index (χ3n) is 4.85. The van der Waals surface area contributed by atoms with Crippen molar-refractivity contribution in [2.45, 2.75) is 6.04 Å². The van der Waals surface area contributed by atoms with Crippen molar-refractivity contribution in [2.24, 2.45) is 0 Å². The van der Waals surface area contributed by atoms with Crippen LogP contribution in [0.25, 0.3) is 5.76 Å². The molecule has 0 spiro atoms. The molecule has 0 unspecified atom stereocenters. The topological polar surface area (TPSA) is 85.3 Å². The molecule has 0 bridgehead atoms. The number of aliphatic hydroxyl groups is 1. The zero-order chi connectivity index (χ0) is 21.0. The van der Waals surface area contributed by atoms with Crippen molar-refractivity contribution in [2.75, 3.05) is 34.5 Å². The lowest BCUT2D eigenvalue weighted by Gasteiger charge is -2.25. The number of rotatable bonds is 7. The van der Waals surface area contributed by atoms with Gasteiger partial charge in [0.25, 0.3) is 11.7 Å². The second kappa shape index (κ2) is 8.79. The van der Waals surface area contributed by atoms with Gasteiger partial charge in [-0.3, -0.25) is 9.59 Å². The van der Waals surface area contributed by atoms with E-state index in [1.165, 1.54) is 12.0 Å². The molecule has 7 nitrogen and oxygen atoms in total. The van der Waals surface area contributed by atoms with Crippen LogP contribution in [0, 0.1) is 0 Å². The average molecular weight is 397 g/mol. The van der Waals surface area contributed by atoms with E-state index in [9.17, 15) is 14.7 Å². The van der Waals surface area contributed by atoms with Crippen molar-refractivity contribution in [3.05, 3.63) is 65.2 Å². The van der Waals surface area contributed by atoms with Crippen molar-refractivity contribution < 1.29 is 28.9 Å². The van der Waals surface area contributed by atoms with Crippen LogP contribution in [0.15, 0.2) is 54.1 Å². The Balaban J connectivity index is 2.14. The number of aliphatic hydroxyl groups excluding tert-OH is 1. The Hall–Kier alpha value is -3.32. The molecule has 0 aliphatic carbocycles. The van der Waals surface area contributed by atoms with E-state index in [4.69, 9.17) is 14.2 Å². The first kappa shape index (κ1) is 20.4. The van der Waals surface area contributed by atoms with E-state index in [0.717, 1.165) is 0 Å². The Morgan fingerprint density at radius 3 is 2.31 bits per heavy atom. The van der Waals surface area contributed by atoms with Crippen LogP contribution in [0.5, 0.6) is 11.5 Å². The minimum atomic E-state index is -0.748. The van der Waals surface area contributed by atoms with Crippen LogP contribution in [0.4, 0.5) is 0 Å². The fourth-order valence-electron chi connectivity index (χ4n) is 3.36. The molecule has 0 aromatic heterocycles. The average Bonchev–Trinajstić information content (AvgIpc) is 3.02. The molecule has 1 aliphatic rings. The number of amides is 1. The van der Waals surface area contributed by atoms with Crippen molar-refractivity contribution in [3.63, 3.8) is 0 Å². The number of ketones is 1. The third kappa shape index (κ3) is 3.95. The Kier molecular flexibility index (Phi) is 6.19. The number of benzene rings is 2. The largest absolute Gasteiger partial charge is 0.507 e. The minimum absolute atomic E-state index is 0.0320. The fourth-order valence-corrected chi connectivity index (χ4v) is 3.36. The molecular formula is C22H23NO6. The summed E-state index contributed by atoms with van der Waals surface area (Å²) >= 11 is 0. The van der Waals surface area contributed by atoms with Crippen molar-refractivity contribution in [3.8, 4) is 11.5 Å². The van der Waals surface area contributed by atoms with Crippen molar-refractivity contribution >= 4 is 17.4 Å². The van der Waals surface area contributed by atoms with Crippen LogP contribution in [-0.2, 0) is 14.3 Å².